The fraction of sp³-hybridized carbons (Fsp3) is 0. The minimum atomic E-state index is 0.903. The van der Waals surface area contributed by atoms with Gasteiger partial charge in [0.15, 0.2) is 0 Å². The number of hydrogen-bond acceptors (Lipinski definition) is 3. The summed E-state index contributed by atoms with van der Waals surface area (Å²) in [5, 5.41) is 3.45. The SMILES string of the molecule is Brc1ccc(N(c2ccccc2)c2ccc3c(c2)oc2ccccc23)s1. The molecule has 0 saturated heterocycles. The quantitative estimate of drug-likeness (QED) is 0.295. The molecule has 0 aliphatic rings. The van der Waals surface area contributed by atoms with Crippen LogP contribution in [0.3, 0.4) is 0 Å². The van der Waals surface area contributed by atoms with Crippen LogP contribution >= 0.6 is 27.3 Å². The zero-order chi connectivity index (χ0) is 17.5. The summed E-state index contributed by atoms with van der Waals surface area (Å²) in [6.45, 7) is 0. The third kappa shape index (κ3) is 2.62. The smallest absolute Gasteiger partial charge is 0.137 e. The second-order valence-electron chi connectivity index (χ2n) is 6.03. The lowest BCUT2D eigenvalue weighted by Gasteiger charge is -2.23. The molecule has 2 heterocycles. The van der Waals surface area contributed by atoms with Crippen molar-refractivity contribution in [2.24, 2.45) is 0 Å². The number of nitrogens with zero attached hydrogens (tertiary/aromatic N) is 1. The molecule has 3 aromatic carbocycles. The van der Waals surface area contributed by atoms with Crippen molar-refractivity contribution in [1.82, 2.24) is 0 Å². The van der Waals surface area contributed by atoms with Crippen LogP contribution < -0.4 is 4.90 Å². The molecular formula is C22H14BrNOS. The summed E-state index contributed by atoms with van der Waals surface area (Å²) >= 11 is 5.29. The van der Waals surface area contributed by atoms with Crippen LogP contribution in [0.4, 0.5) is 16.4 Å². The highest BCUT2D eigenvalue weighted by Gasteiger charge is 2.16. The fourth-order valence-corrected chi connectivity index (χ4v) is 4.66. The molecule has 0 amide bonds. The van der Waals surface area contributed by atoms with Crippen molar-refractivity contribution in [1.29, 1.82) is 0 Å². The highest BCUT2D eigenvalue weighted by Crippen LogP contribution is 2.41. The molecule has 0 spiro atoms. The summed E-state index contributed by atoms with van der Waals surface area (Å²) in [7, 11) is 0. The van der Waals surface area contributed by atoms with Crippen molar-refractivity contribution in [2.45, 2.75) is 0 Å². The summed E-state index contributed by atoms with van der Waals surface area (Å²) in [4.78, 5) is 2.25. The molecule has 0 radical (unpaired) electrons. The third-order valence-corrected chi connectivity index (χ3v) is 6.02. The van der Waals surface area contributed by atoms with Crippen molar-refractivity contribution in [3.63, 3.8) is 0 Å². The van der Waals surface area contributed by atoms with Gasteiger partial charge in [0.25, 0.3) is 0 Å². The first-order chi connectivity index (χ1) is 12.8. The molecule has 0 bridgehead atoms. The number of rotatable bonds is 3. The molecule has 4 heteroatoms. The van der Waals surface area contributed by atoms with Crippen LogP contribution in [0.2, 0.25) is 0 Å². The molecule has 5 rings (SSSR count). The van der Waals surface area contributed by atoms with Gasteiger partial charge in [-0.05, 0) is 58.4 Å². The third-order valence-electron chi connectivity index (χ3n) is 4.41. The molecule has 0 aliphatic heterocycles. The number of halogens is 1. The van der Waals surface area contributed by atoms with E-state index in [2.05, 4.69) is 81.5 Å². The van der Waals surface area contributed by atoms with Gasteiger partial charge < -0.3 is 9.32 Å². The second-order valence-corrected chi connectivity index (χ2v) is 8.47. The summed E-state index contributed by atoms with van der Waals surface area (Å²) < 4.78 is 7.20. The zero-order valence-corrected chi connectivity index (χ0v) is 16.1. The van der Waals surface area contributed by atoms with E-state index < -0.39 is 0 Å². The van der Waals surface area contributed by atoms with Gasteiger partial charge in [-0.25, -0.2) is 0 Å². The highest BCUT2D eigenvalue weighted by molar-refractivity contribution is 9.11. The Kier molecular flexibility index (Phi) is 3.80. The number of para-hydroxylation sites is 2. The molecular weight excluding hydrogens is 406 g/mol. The standard InChI is InChI=1S/C22H14BrNOS/c23-21-12-13-22(26-21)24(15-6-2-1-3-7-15)16-10-11-18-17-8-4-5-9-19(17)25-20(18)14-16/h1-14H. The summed E-state index contributed by atoms with van der Waals surface area (Å²) in [5.74, 6) is 0. The van der Waals surface area contributed by atoms with Crippen molar-refractivity contribution in [3.05, 3.63) is 88.7 Å². The minimum Gasteiger partial charge on any atom is -0.456 e. The molecule has 0 aliphatic carbocycles. The molecule has 2 nitrogen and oxygen atoms in total. The van der Waals surface area contributed by atoms with Crippen LogP contribution in [0.5, 0.6) is 0 Å². The van der Waals surface area contributed by atoms with E-state index >= 15 is 0 Å². The van der Waals surface area contributed by atoms with Crippen molar-refractivity contribution < 1.29 is 4.42 Å². The van der Waals surface area contributed by atoms with Crippen LogP contribution in [-0.2, 0) is 0 Å². The van der Waals surface area contributed by atoms with Crippen molar-refractivity contribution in [3.8, 4) is 0 Å². The Labute approximate surface area is 163 Å². The first-order valence-electron chi connectivity index (χ1n) is 8.31. The first kappa shape index (κ1) is 15.7. The Morgan fingerprint density at radius 2 is 1.46 bits per heavy atom. The number of furan rings is 1. The van der Waals surface area contributed by atoms with Crippen LogP contribution in [0.1, 0.15) is 0 Å². The van der Waals surface area contributed by atoms with E-state index in [0.717, 1.165) is 42.1 Å². The first-order valence-corrected chi connectivity index (χ1v) is 9.92. The Balaban J connectivity index is 1.72. The molecule has 0 saturated carbocycles. The topological polar surface area (TPSA) is 16.4 Å². The van der Waals surface area contributed by atoms with Gasteiger partial charge in [0.1, 0.15) is 16.2 Å². The van der Waals surface area contributed by atoms with Crippen LogP contribution in [0.15, 0.2) is 93.1 Å². The lowest BCUT2D eigenvalue weighted by molar-refractivity contribution is 0.669. The Hall–Kier alpha value is -2.56. The Morgan fingerprint density at radius 3 is 2.27 bits per heavy atom. The van der Waals surface area contributed by atoms with Crippen LogP contribution in [-0.4, -0.2) is 0 Å². The van der Waals surface area contributed by atoms with Gasteiger partial charge in [-0.3, -0.25) is 0 Å². The van der Waals surface area contributed by atoms with Crippen molar-refractivity contribution in [2.75, 3.05) is 4.90 Å². The summed E-state index contributed by atoms with van der Waals surface area (Å²) in [5.41, 5.74) is 4.03. The molecule has 126 valence electrons. The highest BCUT2D eigenvalue weighted by atomic mass is 79.9. The second kappa shape index (κ2) is 6.31. The fourth-order valence-electron chi connectivity index (χ4n) is 3.26. The van der Waals surface area contributed by atoms with Gasteiger partial charge in [-0.2, -0.15) is 0 Å². The molecule has 0 unspecified atom stereocenters. The number of benzene rings is 3. The van der Waals surface area contributed by atoms with Gasteiger partial charge in [-0.1, -0.05) is 36.4 Å². The van der Waals surface area contributed by atoms with Crippen LogP contribution in [0, 0.1) is 0 Å². The average molecular weight is 420 g/mol. The molecule has 0 N–H and O–H groups in total. The maximum atomic E-state index is 6.09. The minimum absolute atomic E-state index is 0.903. The number of anilines is 3. The largest absolute Gasteiger partial charge is 0.456 e. The predicted octanol–water partition coefficient (Wildman–Crippen LogP) is 7.88. The van der Waals surface area contributed by atoms with E-state index in [1.807, 2.05) is 24.3 Å². The van der Waals surface area contributed by atoms with Gasteiger partial charge in [0.2, 0.25) is 0 Å². The van der Waals surface area contributed by atoms with E-state index in [1.54, 1.807) is 11.3 Å². The van der Waals surface area contributed by atoms with Gasteiger partial charge in [-0.15, -0.1) is 11.3 Å². The molecule has 0 atom stereocenters. The van der Waals surface area contributed by atoms with E-state index in [0.29, 0.717) is 0 Å². The lowest BCUT2D eigenvalue weighted by Crippen LogP contribution is -2.07. The average Bonchev–Trinajstić information content (AvgIpc) is 3.26. The lowest BCUT2D eigenvalue weighted by atomic mass is 10.1. The number of hydrogen-bond donors (Lipinski definition) is 0. The Morgan fingerprint density at radius 1 is 0.692 bits per heavy atom. The molecule has 2 aromatic heterocycles. The molecule has 26 heavy (non-hydrogen) atoms. The normalized spacial score (nSPS) is 11.3. The predicted molar refractivity (Wildman–Crippen MR) is 114 cm³/mol. The maximum absolute atomic E-state index is 6.09. The number of fused-ring (bicyclic) bond motifs is 3. The van der Waals surface area contributed by atoms with Crippen LogP contribution in [0.25, 0.3) is 21.9 Å². The van der Waals surface area contributed by atoms with Gasteiger partial charge in [0.05, 0.1) is 9.47 Å². The monoisotopic (exact) mass is 419 g/mol. The van der Waals surface area contributed by atoms with E-state index in [-0.39, 0.29) is 0 Å². The molecule has 5 aromatic rings. The van der Waals surface area contributed by atoms with Gasteiger partial charge >= 0.3 is 0 Å². The zero-order valence-electron chi connectivity index (χ0n) is 13.7. The molecule has 0 fully saturated rings. The van der Waals surface area contributed by atoms with E-state index in [4.69, 9.17) is 4.42 Å². The van der Waals surface area contributed by atoms with E-state index in [1.165, 1.54) is 0 Å². The number of thiophene rings is 1. The Bertz CT molecular complexity index is 1210. The maximum Gasteiger partial charge on any atom is 0.137 e. The van der Waals surface area contributed by atoms with Crippen molar-refractivity contribution >= 4 is 65.6 Å². The van der Waals surface area contributed by atoms with E-state index in [9.17, 15) is 0 Å². The van der Waals surface area contributed by atoms with Gasteiger partial charge in [0, 0.05) is 22.5 Å². The summed E-state index contributed by atoms with van der Waals surface area (Å²) in [6.07, 6.45) is 0. The summed E-state index contributed by atoms with van der Waals surface area (Å²) in [6, 6.07) is 29.2.